The summed E-state index contributed by atoms with van der Waals surface area (Å²) in [6.07, 6.45) is 1.88. The van der Waals surface area contributed by atoms with Crippen molar-refractivity contribution >= 4 is 21.9 Å². The molecule has 37 heavy (non-hydrogen) atoms. The Morgan fingerprint density at radius 3 is 1.51 bits per heavy atom. The number of para-hydroxylation sites is 1. The van der Waals surface area contributed by atoms with Gasteiger partial charge in [-0.3, -0.25) is 4.57 Å². The number of benzene rings is 5. The van der Waals surface area contributed by atoms with E-state index in [0.29, 0.717) is 0 Å². The molecule has 0 fully saturated rings. The second-order valence-electron chi connectivity index (χ2n) is 9.59. The van der Waals surface area contributed by atoms with Crippen LogP contribution in [0.2, 0.25) is 0 Å². The highest BCUT2D eigenvalue weighted by atomic mass is 15.0. The van der Waals surface area contributed by atoms with E-state index < -0.39 is 0 Å². The minimum Gasteiger partial charge on any atom is -0.294 e. The van der Waals surface area contributed by atoms with E-state index in [-0.39, 0.29) is 0 Å². The molecule has 1 aliphatic rings. The normalized spacial score (nSPS) is 11.8. The first-order valence-corrected chi connectivity index (χ1v) is 12.7. The van der Waals surface area contributed by atoms with Crippen LogP contribution < -0.4 is 0 Å². The Morgan fingerprint density at radius 1 is 0.405 bits per heavy atom. The van der Waals surface area contributed by atoms with Crippen LogP contribution in [-0.2, 0) is 0 Å². The number of fused-ring (bicyclic) bond motifs is 11. The Balaban J connectivity index is 1.49. The van der Waals surface area contributed by atoms with Gasteiger partial charge in [0, 0.05) is 22.7 Å². The molecular formula is C35H22N2. The van der Waals surface area contributed by atoms with Gasteiger partial charge in [0.15, 0.2) is 0 Å². The summed E-state index contributed by atoms with van der Waals surface area (Å²) in [5.41, 5.74) is 13.3. The molecule has 0 radical (unpaired) electrons. The molecule has 0 spiro atoms. The summed E-state index contributed by atoms with van der Waals surface area (Å²) in [7, 11) is 0. The van der Waals surface area contributed by atoms with Crippen LogP contribution in [0, 0.1) is 0 Å². The summed E-state index contributed by atoms with van der Waals surface area (Å²) in [5, 5.41) is 2.39. The van der Waals surface area contributed by atoms with Gasteiger partial charge in [-0.2, -0.15) is 0 Å². The van der Waals surface area contributed by atoms with E-state index >= 15 is 0 Å². The maximum atomic E-state index is 4.81. The van der Waals surface area contributed by atoms with Crippen LogP contribution in [0.25, 0.3) is 72.1 Å². The lowest BCUT2D eigenvalue weighted by atomic mass is 9.81. The predicted octanol–water partition coefficient (Wildman–Crippen LogP) is 9.16. The highest BCUT2D eigenvalue weighted by molar-refractivity contribution is 6.08. The molecule has 2 heteroatoms. The molecule has 2 aromatic heterocycles. The maximum Gasteiger partial charge on any atom is 0.145 e. The van der Waals surface area contributed by atoms with Gasteiger partial charge >= 0.3 is 0 Å². The fraction of sp³-hybridized carbons (Fsp3) is 0. The van der Waals surface area contributed by atoms with E-state index in [9.17, 15) is 0 Å². The lowest BCUT2D eigenvalue weighted by molar-refractivity contribution is 1.14. The molecule has 172 valence electrons. The van der Waals surface area contributed by atoms with Crippen LogP contribution >= 0.6 is 0 Å². The first-order valence-electron chi connectivity index (χ1n) is 12.7. The van der Waals surface area contributed by atoms with E-state index in [2.05, 4.69) is 126 Å². The highest BCUT2D eigenvalue weighted by Crippen LogP contribution is 2.48. The summed E-state index contributed by atoms with van der Waals surface area (Å²) in [5.74, 6) is 0. The number of pyridine rings is 1. The van der Waals surface area contributed by atoms with Crippen molar-refractivity contribution in [2.45, 2.75) is 0 Å². The van der Waals surface area contributed by atoms with E-state index in [1.54, 1.807) is 0 Å². The Morgan fingerprint density at radius 2 is 0.892 bits per heavy atom. The van der Waals surface area contributed by atoms with E-state index in [1.807, 2.05) is 12.3 Å². The van der Waals surface area contributed by atoms with Gasteiger partial charge in [-0.05, 0) is 74.8 Å². The smallest absolute Gasteiger partial charge is 0.145 e. The van der Waals surface area contributed by atoms with Crippen LogP contribution in [-0.4, -0.2) is 9.55 Å². The topological polar surface area (TPSA) is 17.8 Å². The number of rotatable bonds is 1. The molecule has 1 aliphatic carbocycles. The van der Waals surface area contributed by atoms with Gasteiger partial charge in [0.2, 0.25) is 0 Å². The minimum absolute atomic E-state index is 0.980. The van der Waals surface area contributed by atoms with Gasteiger partial charge in [0.05, 0.1) is 5.52 Å². The third kappa shape index (κ3) is 2.90. The fourth-order valence-corrected chi connectivity index (χ4v) is 6.04. The quantitative estimate of drug-likeness (QED) is 0.234. The summed E-state index contributed by atoms with van der Waals surface area (Å²) < 4.78 is 2.30. The monoisotopic (exact) mass is 470 g/mol. The number of nitrogens with zero attached hydrogens (tertiary/aromatic N) is 2. The third-order valence-corrected chi connectivity index (χ3v) is 7.64. The molecule has 8 rings (SSSR count). The van der Waals surface area contributed by atoms with Gasteiger partial charge in [-0.1, -0.05) is 97.1 Å². The lowest BCUT2D eigenvalue weighted by Gasteiger charge is -2.23. The molecule has 0 N–H and O–H groups in total. The predicted molar refractivity (Wildman–Crippen MR) is 154 cm³/mol. The van der Waals surface area contributed by atoms with Gasteiger partial charge in [-0.25, -0.2) is 4.98 Å². The average molecular weight is 471 g/mol. The molecule has 0 atom stereocenters. The van der Waals surface area contributed by atoms with Crippen molar-refractivity contribution < 1.29 is 0 Å². The molecule has 0 saturated heterocycles. The van der Waals surface area contributed by atoms with Crippen molar-refractivity contribution in [2.75, 3.05) is 0 Å². The Kier molecular flexibility index (Phi) is 4.26. The van der Waals surface area contributed by atoms with Crippen LogP contribution in [0.4, 0.5) is 0 Å². The third-order valence-electron chi connectivity index (χ3n) is 7.64. The fourth-order valence-electron chi connectivity index (χ4n) is 6.04. The van der Waals surface area contributed by atoms with Gasteiger partial charge in [0.1, 0.15) is 5.65 Å². The SMILES string of the molecule is c1ccc2c(c1)-c1ccccc1-c1ccc(-n3c4ccccc4c4cccnc43)cc1-c1ccccc1-2. The number of hydrogen-bond donors (Lipinski definition) is 0. The molecule has 2 heterocycles. The van der Waals surface area contributed by atoms with Gasteiger partial charge in [-0.15, -0.1) is 0 Å². The molecule has 2 nitrogen and oxygen atoms in total. The highest BCUT2D eigenvalue weighted by Gasteiger charge is 2.22. The largest absolute Gasteiger partial charge is 0.294 e. The van der Waals surface area contributed by atoms with Crippen molar-refractivity contribution in [3.63, 3.8) is 0 Å². The molecule has 0 amide bonds. The molecule has 0 bridgehead atoms. The number of hydrogen-bond acceptors (Lipinski definition) is 1. The second kappa shape index (κ2) is 7.78. The zero-order valence-corrected chi connectivity index (χ0v) is 20.1. The molecule has 0 aliphatic heterocycles. The van der Waals surface area contributed by atoms with E-state index in [4.69, 9.17) is 4.98 Å². The summed E-state index contributed by atoms with van der Waals surface area (Å²) in [4.78, 5) is 4.81. The molecule has 7 aromatic rings. The second-order valence-corrected chi connectivity index (χ2v) is 9.59. The van der Waals surface area contributed by atoms with Gasteiger partial charge in [0.25, 0.3) is 0 Å². The number of aromatic nitrogens is 2. The summed E-state index contributed by atoms with van der Waals surface area (Å²) in [6, 6.07) is 46.0. The minimum atomic E-state index is 0.980. The maximum absolute atomic E-state index is 4.81. The molecule has 0 saturated carbocycles. The summed E-state index contributed by atoms with van der Waals surface area (Å²) in [6.45, 7) is 0. The lowest BCUT2D eigenvalue weighted by Crippen LogP contribution is -2.00. The van der Waals surface area contributed by atoms with E-state index in [0.717, 1.165) is 11.3 Å². The standard InChI is InChI=1S/C35H22N2/c1-2-11-25-24(10-1)26-12-3-4-14-28(26)30-20-19-23(22-33(30)29-15-6-5-13-27(25)29)37-34-18-8-7-16-31(34)32-17-9-21-36-35(32)37/h1-22H. The average Bonchev–Trinajstić information content (AvgIpc) is 3.31. The molecule has 5 aromatic carbocycles. The van der Waals surface area contributed by atoms with Crippen molar-refractivity contribution in [1.29, 1.82) is 0 Å². The van der Waals surface area contributed by atoms with Crippen LogP contribution in [0.3, 0.4) is 0 Å². The van der Waals surface area contributed by atoms with Gasteiger partial charge < -0.3 is 0 Å². The molecular weight excluding hydrogens is 448 g/mol. The van der Waals surface area contributed by atoms with Crippen LogP contribution in [0.15, 0.2) is 134 Å². The van der Waals surface area contributed by atoms with Crippen LogP contribution in [0.1, 0.15) is 0 Å². The molecule has 0 unspecified atom stereocenters. The first-order chi connectivity index (χ1) is 18.4. The summed E-state index contributed by atoms with van der Waals surface area (Å²) >= 11 is 0. The Labute approximate surface area is 215 Å². The van der Waals surface area contributed by atoms with Crippen molar-refractivity contribution in [3.8, 4) is 50.2 Å². The zero-order chi connectivity index (χ0) is 24.3. The zero-order valence-electron chi connectivity index (χ0n) is 20.1. The first kappa shape index (κ1) is 20.3. The Bertz CT molecular complexity index is 1930. The Hall–Kier alpha value is -4.95. The van der Waals surface area contributed by atoms with Crippen molar-refractivity contribution in [3.05, 3.63) is 134 Å². The van der Waals surface area contributed by atoms with Crippen LogP contribution in [0.5, 0.6) is 0 Å². The van der Waals surface area contributed by atoms with Crippen molar-refractivity contribution in [1.82, 2.24) is 9.55 Å². The van der Waals surface area contributed by atoms with E-state index in [1.165, 1.54) is 60.8 Å². The van der Waals surface area contributed by atoms with Crippen molar-refractivity contribution in [2.24, 2.45) is 0 Å².